The maximum atomic E-state index is 12.5. The number of benzene rings is 1. The van der Waals surface area contributed by atoms with Gasteiger partial charge in [0.25, 0.3) is 0 Å². The molecule has 140 valence electrons. The summed E-state index contributed by atoms with van der Waals surface area (Å²) in [7, 11) is 0. The van der Waals surface area contributed by atoms with Crippen molar-refractivity contribution in [2.45, 2.75) is 45.8 Å². The smallest absolute Gasteiger partial charge is 0.387 e. The fraction of sp³-hybridized carbons (Fsp3) is 0.444. The molecule has 1 heterocycles. The van der Waals surface area contributed by atoms with Gasteiger partial charge in [-0.25, -0.2) is 9.97 Å². The molecule has 1 aliphatic carbocycles. The fourth-order valence-electron chi connectivity index (χ4n) is 3.05. The molecule has 0 spiro atoms. The van der Waals surface area contributed by atoms with E-state index < -0.39 is 6.61 Å². The lowest BCUT2D eigenvalue weighted by Gasteiger charge is -2.19. The first-order chi connectivity index (χ1) is 12.4. The van der Waals surface area contributed by atoms with Crippen molar-refractivity contribution in [3.63, 3.8) is 0 Å². The van der Waals surface area contributed by atoms with Crippen LogP contribution < -0.4 is 15.8 Å². The van der Waals surface area contributed by atoms with Crippen LogP contribution in [-0.4, -0.2) is 22.6 Å². The molecule has 1 aromatic carbocycles. The molecule has 3 N–H and O–H groups in total. The van der Waals surface area contributed by atoms with Crippen LogP contribution in [-0.2, 0) is 0 Å². The first kappa shape index (κ1) is 18.6. The molecular formula is C18H21ClF2N4O. The summed E-state index contributed by atoms with van der Waals surface area (Å²) in [4.78, 5) is 8.54. The Morgan fingerprint density at radius 1 is 1.35 bits per heavy atom. The van der Waals surface area contributed by atoms with Crippen LogP contribution in [0.2, 0.25) is 5.02 Å². The van der Waals surface area contributed by atoms with Crippen LogP contribution >= 0.6 is 11.6 Å². The van der Waals surface area contributed by atoms with E-state index in [2.05, 4.69) is 26.9 Å². The molecule has 1 atom stereocenters. The quantitative estimate of drug-likeness (QED) is 0.713. The molecule has 0 saturated heterocycles. The largest absolute Gasteiger partial charge is 0.433 e. The van der Waals surface area contributed by atoms with E-state index in [1.54, 1.807) is 6.92 Å². The third-order valence-electron chi connectivity index (χ3n) is 4.59. The van der Waals surface area contributed by atoms with Gasteiger partial charge in [-0.15, -0.1) is 0 Å². The second-order valence-corrected chi connectivity index (χ2v) is 6.86. The third kappa shape index (κ3) is 3.98. The molecule has 0 radical (unpaired) electrons. The topological polar surface area (TPSA) is 73.1 Å². The summed E-state index contributed by atoms with van der Waals surface area (Å²) in [6.07, 6.45) is 4.84. The highest BCUT2D eigenvalue weighted by Gasteiger charge is 2.30. The van der Waals surface area contributed by atoms with Crippen LogP contribution in [0, 0.1) is 12.8 Å². The van der Waals surface area contributed by atoms with Crippen molar-refractivity contribution in [1.29, 1.82) is 0 Å². The molecule has 1 unspecified atom stereocenters. The third-order valence-corrected chi connectivity index (χ3v) is 4.88. The average Bonchev–Trinajstić information content (AvgIpc) is 3.42. The number of nitrogens with two attached hydrogens (primary N) is 1. The van der Waals surface area contributed by atoms with Crippen molar-refractivity contribution in [1.82, 2.24) is 9.97 Å². The molecule has 8 heteroatoms. The lowest BCUT2D eigenvalue weighted by atomic mass is 10.0. The van der Waals surface area contributed by atoms with Crippen molar-refractivity contribution in [3.05, 3.63) is 29.0 Å². The number of hydrogen-bond donors (Lipinski definition) is 2. The van der Waals surface area contributed by atoms with Gasteiger partial charge >= 0.3 is 6.61 Å². The Morgan fingerprint density at radius 3 is 2.69 bits per heavy atom. The van der Waals surface area contributed by atoms with E-state index in [0.717, 1.165) is 6.42 Å². The van der Waals surface area contributed by atoms with Crippen LogP contribution in [0.1, 0.15) is 31.7 Å². The number of alkyl halides is 2. The van der Waals surface area contributed by atoms with Gasteiger partial charge in [0.1, 0.15) is 17.8 Å². The van der Waals surface area contributed by atoms with E-state index in [1.165, 1.54) is 31.3 Å². The van der Waals surface area contributed by atoms with Gasteiger partial charge in [0, 0.05) is 11.6 Å². The number of nitrogen functional groups attached to an aromatic ring is 1. The molecule has 0 amide bonds. The summed E-state index contributed by atoms with van der Waals surface area (Å²) < 4.78 is 29.4. The highest BCUT2D eigenvalue weighted by Crippen LogP contribution is 2.39. The predicted octanol–water partition coefficient (Wildman–Crippen LogP) is 4.89. The SMILES string of the molecule is CCC(Nc1ncnc(-c2cc(Cl)c(OC(F)F)cc2C)c1N)C1CC1. The Bertz CT molecular complexity index is 799. The lowest BCUT2D eigenvalue weighted by Crippen LogP contribution is -2.22. The van der Waals surface area contributed by atoms with Gasteiger partial charge in [-0.1, -0.05) is 18.5 Å². The van der Waals surface area contributed by atoms with Gasteiger partial charge < -0.3 is 15.8 Å². The first-order valence-corrected chi connectivity index (χ1v) is 8.90. The van der Waals surface area contributed by atoms with Crippen molar-refractivity contribution in [3.8, 4) is 17.0 Å². The number of nitrogens with zero attached hydrogens (tertiary/aromatic N) is 2. The van der Waals surface area contributed by atoms with E-state index in [9.17, 15) is 8.78 Å². The van der Waals surface area contributed by atoms with Crippen molar-refractivity contribution in [2.75, 3.05) is 11.1 Å². The van der Waals surface area contributed by atoms with Gasteiger partial charge in [-0.3, -0.25) is 0 Å². The van der Waals surface area contributed by atoms with E-state index in [1.807, 2.05) is 0 Å². The van der Waals surface area contributed by atoms with Crippen molar-refractivity contribution >= 4 is 23.1 Å². The minimum absolute atomic E-state index is 0.0721. The molecule has 5 nitrogen and oxygen atoms in total. The Hall–Kier alpha value is -2.15. The fourth-order valence-corrected chi connectivity index (χ4v) is 3.26. The van der Waals surface area contributed by atoms with Gasteiger partial charge in [0.2, 0.25) is 0 Å². The molecule has 1 aromatic heterocycles. The predicted molar refractivity (Wildman–Crippen MR) is 98.7 cm³/mol. The second kappa shape index (κ2) is 7.61. The molecule has 2 aromatic rings. The zero-order chi connectivity index (χ0) is 18.8. The number of anilines is 2. The van der Waals surface area contributed by atoms with Gasteiger partial charge in [0.05, 0.1) is 10.7 Å². The monoisotopic (exact) mass is 382 g/mol. The summed E-state index contributed by atoms with van der Waals surface area (Å²) >= 11 is 6.09. The summed E-state index contributed by atoms with van der Waals surface area (Å²) in [6.45, 7) is 0.948. The number of halogens is 3. The van der Waals surface area contributed by atoms with Crippen LogP contribution in [0.15, 0.2) is 18.5 Å². The van der Waals surface area contributed by atoms with E-state index in [0.29, 0.717) is 40.3 Å². The minimum Gasteiger partial charge on any atom is -0.433 e. The molecule has 26 heavy (non-hydrogen) atoms. The second-order valence-electron chi connectivity index (χ2n) is 6.46. The first-order valence-electron chi connectivity index (χ1n) is 8.53. The zero-order valence-electron chi connectivity index (χ0n) is 14.6. The van der Waals surface area contributed by atoms with Crippen LogP contribution in [0.5, 0.6) is 5.75 Å². The van der Waals surface area contributed by atoms with Crippen LogP contribution in [0.3, 0.4) is 0 Å². The number of aryl methyl sites for hydroxylation is 1. The number of hydrogen-bond acceptors (Lipinski definition) is 5. The number of nitrogens with one attached hydrogen (secondary N) is 1. The van der Waals surface area contributed by atoms with Gasteiger partial charge in [-0.2, -0.15) is 8.78 Å². The molecule has 1 saturated carbocycles. The van der Waals surface area contributed by atoms with Crippen molar-refractivity contribution in [2.24, 2.45) is 5.92 Å². The molecule has 0 bridgehead atoms. The normalized spacial score (nSPS) is 15.2. The zero-order valence-corrected chi connectivity index (χ0v) is 15.4. The maximum Gasteiger partial charge on any atom is 0.387 e. The van der Waals surface area contributed by atoms with E-state index >= 15 is 0 Å². The summed E-state index contributed by atoms with van der Waals surface area (Å²) in [5.41, 5.74) is 8.54. The highest BCUT2D eigenvalue weighted by atomic mass is 35.5. The van der Waals surface area contributed by atoms with Crippen LogP contribution in [0.25, 0.3) is 11.3 Å². The maximum absolute atomic E-state index is 12.5. The standard InChI is InChI=1S/C18H21ClF2N4O/c1-3-13(10-4-5-10)25-17-15(22)16(23-8-24-17)11-7-12(19)14(6-9(11)2)26-18(20)21/h6-8,10,13,18H,3-5,22H2,1-2H3,(H,23,24,25). The van der Waals surface area contributed by atoms with E-state index in [-0.39, 0.29) is 10.8 Å². The number of rotatable bonds is 7. The Morgan fingerprint density at radius 2 is 2.08 bits per heavy atom. The molecular weight excluding hydrogens is 362 g/mol. The molecule has 1 fully saturated rings. The van der Waals surface area contributed by atoms with Gasteiger partial charge in [0.15, 0.2) is 5.82 Å². The molecule has 0 aliphatic heterocycles. The summed E-state index contributed by atoms with van der Waals surface area (Å²) in [6, 6.07) is 3.32. The highest BCUT2D eigenvalue weighted by molar-refractivity contribution is 6.32. The Kier molecular flexibility index (Phi) is 5.46. The summed E-state index contributed by atoms with van der Waals surface area (Å²) in [5, 5.41) is 3.48. The molecule has 3 rings (SSSR count). The lowest BCUT2D eigenvalue weighted by molar-refractivity contribution is -0.0498. The molecule has 1 aliphatic rings. The van der Waals surface area contributed by atoms with E-state index in [4.69, 9.17) is 17.3 Å². The number of ether oxygens (including phenoxy) is 1. The Labute approximate surface area is 155 Å². The summed E-state index contributed by atoms with van der Waals surface area (Å²) in [5.74, 6) is 1.16. The van der Waals surface area contributed by atoms with Crippen molar-refractivity contribution < 1.29 is 13.5 Å². The Balaban J connectivity index is 1.94. The minimum atomic E-state index is -2.94. The number of aromatic nitrogens is 2. The average molecular weight is 383 g/mol. The van der Waals surface area contributed by atoms with Gasteiger partial charge in [-0.05, 0) is 49.8 Å². The van der Waals surface area contributed by atoms with Crippen LogP contribution in [0.4, 0.5) is 20.3 Å².